The zero-order chi connectivity index (χ0) is 6.20. The summed E-state index contributed by atoms with van der Waals surface area (Å²) in [7, 11) is 0. The first-order chi connectivity index (χ1) is 3.60. The van der Waals surface area contributed by atoms with E-state index in [1.54, 1.807) is 0 Å². The lowest BCUT2D eigenvalue weighted by Gasteiger charge is -2.16. The maximum Gasteiger partial charge on any atom is 0.0631 e. The molecule has 0 aliphatic carbocycles. The summed E-state index contributed by atoms with van der Waals surface area (Å²) in [6.45, 7) is 6.43. The van der Waals surface area contributed by atoms with Crippen LogP contribution in [-0.4, -0.2) is 11.7 Å². The molecule has 1 heterocycles. The highest BCUT2D eigenvalue weighted by molar-refractivity contribution is 4.77. The maximum absolute atomic E-state index is 5.55. The Morgan fingerprint density at radius 1 is 1.44 bits per heavy atom. The van der Waals surface area contributed by atoms with Crippen LogP contribution in [0, 0.1) is 0 Å². The Labute approximate surface area is 58.4 Å². The molecule has 1 rings (SSSR count). The second-order valence-electron chi connectivity index (χ2n) is 3.23. The topological polar surface area (TPSA) is 9.23 Å². The van der Waals surface area contributed by atoms with Crippen molar-refractivity contribution >= 4 is 0 Å². The van der Waals surface area contributed by atoms with Crippen LogP contribution in [0.1, 0.15) is 41.0 Å². The summed E-state index contributed by atoms with van der Waals surface area (Å²) < 4.78 is 5.55. The van der Waals surface area contributed by atoms with Gasteiger partial charge in [-0.15, -0.1) is 0 Å². The van der Waals surface area contributed by atoms with Crippen LogP contribution in [0.15, 0.2) is 0 Å². The zero-order valence-electron chi connectivity index (χ0n) is 5.90. The molecule has 0 amide bonds. The fourth-order valence-corrected chi connectivity index (χ4v) is 1.21. The molecule has 0 radical (unpaired) electrons. The minimum Gasteiger partial charge on any atom is -0.373 e. The number of hydrogen-bond acceptors (Lipinski definition) is 1. The molecule has 0 spiro atoms. The van der Waals surface area contributed by atoms with E-state index in [-0.39, 0.29) is 13.0 Å². The molecule has 0 aromatic rings. The Bertz CT molecular complexity index is 86.6. The van der Waals surface area contributed by atoms with Gasteiger partial charge in [0.25, 0.3) is 0 Å². The van der Waals surface area contributed by atoms with Gasteiger partial charge in [0.15, 0.2) is 0 Å². The normalized spacial score (nSPS) is 31.7. The fraction of sp³-hybridized carbons (Fsp3) is 1.00. The lowest BCUT2D eigenvalue weighted by Crippen LogP contribution is -2.18. The molecule has 1 aliphatic rings. The van der Waals surface area contributed by atoms with Crippen LogP contribution >= 0.6 is 0 Å². The van der Waals surface area contributed by atoms with E-state index in [4.69, 9.17) is 4.74 Å². The van der Waals surface area contributed by atoms with Gasteiger partial charge in [0.05, 0.1) is 11.7 Å². The third-order valence-electron chi connectivity index (χ3n) is 1.67. The summed E-state index contributed by atoms with van der Waals surface area (Å²) in [5, 5.41) is 0. The van der Waals surface area contributed by atoms with Crippen molar-refractivity contribution in [3.8, 4) is 0 Å². The Hall–Kier alpha value is -0.0400. The van der Waals surface area contributed by atoms with Crippen LogP contribution in [0.25, 0.3) is 0 Å². The van der Waals surface area contributed by atoms with Crippen molar-refractivity contribution in [2.75, 3.05) is 0 Å². The van der Waals surface area contributed by atoms with Gasteiger partial charge in [0, 0.05) is 0 Å². The predicted molar refractivity (Wildman–Crippen MR) is 40.6 cm³/mol. The summed E-state index contributed by atoms with van der Waals surface area (Å²) in [6, 6.07) is 0. The molecule has 1 atom stereocenters. The van der Waals surface area contributed by atoms with Gasteiger partial charge in [0.2, 0.25) is 0 Å². The summed E-state index contributed by atoms with van der Waals surface area (Å²) in [5.74, 6) is 0. The van der Waals surface area contributed by atoms with E-state index in [2.05, 4.69) is 20.8 Å². The molecule has 0 bridgehead atoms. The molecule has 9 heavy (non-hydrogen) atoms. The first kappa shape index (κ1) is 8.96. The number of ether oxygens (including phenoxy) is 1. The minimum absolute atomic E-state index is 0. The number of hydrogen-bond donors (Lipinski definition) is 0. The van der Waals surface area contributed by atoms with Crippen molar-refractivity contribution in [2.24, 2.45) is 0 Å². The average Bonchev–Trinajstić information content (AvgIpc) is 1.82. The average molecular weight is 130 g/mol. The van der Waals surface area contributed by atoms with Gasteiger partial charge in [-0.2, -0.15) is 0 Å². The summed E-state index contributed by atoms with van der Waals surface area (Å²) in [4.78, 5) is 0. The molecule has 1 fully saturated rings. The molecular formula is C8H18O. The van der Waals surface area contributed by atoms with Crippen LogP contribution in [0.4, 0.5) is 0 Å². The van der Waals surface area contributed by atoms with Gasteiger partial charge < -0.3 is 4.74 Å². The molecule has 1 heteroatoms. The van der Waals surface area contributed by atoms with Crippen LogP contribution in [0.5, 0.6) is 0 Å². The van der Waals surface area contributed by atoms with Gasteiger partial charge in [-0.3, -0.25) is 0 Å². The largest absolute Gasteiger partial charge is 0.373 e. The molecule has 1 nitrogen and oxygen atoms in total. The first-order valence-corrected chi connectivity index (χ1v) is 3.28. The standard InChI is InChI=1S/C7H14O.CH4/c1-6-4-5-7(2,3)8-6;/h6H,4-5H2,1-3H3;1H4. The van der Waals surface area contributed by atoms with Crippen LogP contribution in [0.3, 0.4) is 0 Å². The monoisotopic (exact) mass is 130 g/mol. The van der Waals surface area contributed by atoms with E-state index in [1.165, 1.54) is 12.8 Å². The van der Waals surface area contributed by atoms with E-state index in [9.17, 15) is 0 Å². The highest BCUT2D eigenvalue weighted by Crippen LogP contribution is 2.28. The van der Waals surface area contributed by atoms with Gasteiger partial charge in [-0.1, -0.05) is 7.43 Å². The Kier molecular flexibility index (Phi) is 2.68. The van der Waals surface area contributed by atoms with E-state index in [0.29, 0.717) is 6.10 Å². The van der Waals surface area contributed by atoms with Crippen LogP contribution in [0.2, 0.25) is 0 Å². The predicted octanol–water partition coefficient (Wildman–Crippen LogP) is 2.60. The molecule has 1 aliphatic heterocycles. The van der Waals surface area contributed by atoms with Crippen LogP contribution in [-0.2, 0) is 4.74 Å². The maximum atomic E-state index is 5.55. The van der Waals surface area contributed by atoms with Crippen LogP contribution < -0.4 is 0 Å². The summed E-state index contributed by atoms with van der Waals surface area (Å²) in [5.41, 5.74) is 0.166. The minimum atomic E-state index is 0. The second kappa shape index (κ2) is 2.70. The Balaban J connectivity index is 0.000000640. The van der Waals surface area contributed by atoms with Crippen molar-refractivity contribution in [3.63, 3.8) is 0 Å². The SMILES string of the molecule is C.CC1CCC(C)(C)O1. The highest BCUT2D eigenvalue weighted by atomic mass is 16.5. The lowest BCUT2D eigenvalue weighted by atomic mass is 10.1. The smallest absolute Gasteiger partial charge is 0.0631 e. The first-order valence-electron chi connectivity index (χ1n) is 3.28. The zero-order valence-corrected chi connectivity index (χ0v) is 5.90. The third kappa shape index (κ3) is 2.35. The molecule has 0 aromatic carbocycles. The lowest BCUT2D eigenvalue weighted by molar-refractivity contribution is -0.00669. The molecular weight excluding hydrogens is 112 g/mol. The van der Waals surface area contributed by atoms with Gasteiger partial charge in [-0.25, -0.2) is 0 Å². The van der Waals surface area contributed by atoms with E-state index >= 15 is 0 Å². The molecule has 56 valence electrons. The van der Waals surface area contributed by atoms with Crippen molar-refractivity contribution < 1.29 is 4.74 Å². The molecule has 0 aromatic heterocycles. The number of rotatable bonds is 0. The van der Waals surface area contributed by atoms with Crippen molar-refractivity contribution in [1.29, 1.82) is 0 Å². The molecule has 1 unspecified atom stereocenters. The van der Waals surface area contributed by atoms with Gasteiger partial charge in [-0.05, 0) is 33.6 Å². The molecule has 1 saturated heterocycles. The molecule has 0 N–H and O–H groups in total. The quantitative estimate of drug-likeness (QED) is 0.489. The van der Waals surface area contributed by atoms with Crippen molar-refractivity contribution in [3.05, 3.63) is 0 Å². The Morgan fingerprint density at radius 3 is 2.11 bits per heavy atom. The van der Waals surface area contributed by atoms with Gasteiger partial charge >= 0.3 is 0 Å². The summed E-state index contributed by atoms with van der Waals surface area (Å²) in [6.07, 6.45) is 2.94. The van der Waals surface area contributed by atoms with E-state index in [0.717, 1.165) is 0 Å². The van der Waals surface area contributed by atoms with E-state index in [1.807, 2.05) is 0 Å². The van der Waals surface area contributed by atoms with Gasteiger partial charge in [0.1, 0.15) is 0 Å². The fourth-order valence-electron chi connectivity index (χ4n) is 1.21. The van der Waals surface area contributed by atoms with Crippen molar-refractivity contribution in [1.82, 2.24) is 0 Å². The Morgan fingerprint density at radius 2 is 2.00 bits per heavy atom. The summed E-state index contributed by atoms with van der Waals surface area (Å²) >= 11 is 0. The molecule has 0 saturated carbocycles. The van der Waals surface area contributed by atoms with Crippen molar-refractivity contribution in [2.45, 2.75) is 52.7 Å². The second-order valence-corrected chi connectivity index (χ2v) is 3.23. The highest BCUT2D eigenvalue weighted by Gasteiger charge is 2.28. The van der Waals surface area contributed by atoms with E-state index < -0.39 is 0 Å². The third-order valence-corrected chi connectivity index (χ3v) is 1.67.